The van der Waals surface area contributed by atoms with Crippen LogP contribution in [0.25, 0.3) is 11.1 Å². The van der Waals surface area contributed by atoms with Gasteiger partial charge in [0, 0.05) is 19.3 Å². The summed E-state index contributed by atoms with van der Waals surface area (Å²) in [5.41, 5.74) is 1.20. The minimum atomic E-state index is -0.347. The van der Waals surface area contributed by atoms with E-state index in [9.17, 15) is 4.79 Å². The lowest BCUT2D eigenvalue weighted by molar-refractivity contribution is 0.102. The molecule has 0 unspecified atom stereocenters. The quantitative estimate of drug-likeness (QED) is 0.705. The number of aromatic nitrogens is 3. The summed E-state index contributed by atoms with van der Waals surface area (Å²) in [5, 5.41) is 3.59. The second-order valence-electron chi connectivity index (χ2n) is 5.81. The third-order valence-corrected chi connectivity index (χ3v) is 4.49. The molecular formula is C17H16ClN5O3. The van der Waals surface area contributed by atoms with Gasteiger partial charge in [-0.1, -0.05) is 11.6 Å². The Labute approximate surface area is 154 Å². The van der Waals surface area contributed by atoms with Crippen molar-refractivity contribution in [2.45, 2.75) is 6.92 Å². The highest BCUT2D eigenvalue weighted by Crippen LogP contribution is 2.32. The van der Waals surface area contributed by atoms with Gasteiger partial charge in [-0.3, -0.25) is 4.79 Å². The first-order chi connectivity index (χ1) is 12.6. The number of hydrogen-bond donors (Lipinski definition) is 1. The molecule has 1 N–H and O–H groups in total. The maximum absolute atomic E-state index is 12.9. The van der Waals surface area contributed by atoms with Crippen LogP contribution in [0, 0.1) is 6.92 Å². The Hall–Kier alpha value is -2.71. The van der Waals surface area contributed by atoms with Gasteiger partial charge in [-0.05, 0) is 19.1 Å². The second kappa shape index (κ2) is 6.89. The Morgan fingerprint density at radius 1 is 1.27 bits per heavy atom. The first-order valence-corrected chi connectivity index (χ1v) is 8.51. The zero-order chi connectivity index (χ0) is 18.1. The van der Waals surface area contributed by atoms with E-state index in [4.69, 9.17) is 20.8 Å². The van der Waals surface area contributed by atoms with Gasteiger partial charge in [0.25, 0.3) is 5.91 Å². The molecule has 0 aromatic carbocycles. The lowest BCUT2D eigenvalue weighted by Gasteiger charge is -2.28. The van der Waals surface area contributed by atoms with Crippen LogP contribution in [-0.2, 0) is 4.74 Å². The molecular weight excluding hydrogens is 358 g/mol. The van der Waals surface area contributed by atoms with Gasteiger partial charge in [-0.15, -0.1) is 0 Å². The number of carbonyl (C=O) groups is 1. The number of carbonyl (C=O) groups excluding carboxylic acids is 1. The summed E-state index contributed by atoms with van der Waals surface area (Å²) < 4.78 is 11.1. The summed E-state index contributed by atoms with van der Waals surface area (Å²) in [4.78, 5) is 27.5. The van der Waals surface area contributed by atoms with Gasteiger partial charge < -0.3 is 19.4 Å². The number of halogens is 1. The maximum atomic E-state index is 12.9. The zero-order valence-corrected chi connectivity index (χ0v) is 14.8. The molecule has 4 rings (SSSR count). The van der Waals surface area contributed by atoms with Crippen molar-refractivity contribution < 1.29 is 13.9 Å². The first kappa shape index (κ1) is 16.7. The highest BCUT2D eigenvalue weighted by Gasteiger charge is 2.26. The molecule has 0 radical (unpaired) electrons. The predicted molar refractivity (Wildman–Crippen MR) is 96.8 cm³/mol. The standard InChI is InChI=1S/C17H16ClN5O3/c1-10-12(16(24)22-11-3-2-4-19-14(11)18)13-15(20-9-21-17(13)26-10)23-5-7-25-8-6-23/h2-4,9H,5-8H2,1H3,(H,22,24). The largest absolute Gasteiger partial charge is 0.442 e. The van der Waals surface area contributed by atoms with Gasteiger partial charge in [-0.2, -0.15) is 0 Å². The molecule has 1 amide bonds. The maximum Gasteiger partial charge on any atom is 0.260 e. The molecule has 0 atom stereocenters. The van der Waals surface area contributed by atoms with Crippen LogP contribution < -0.4 is 10.2 Å². The number of pyridine rings is 1. The number of rotatable bonds is 3. The summed E-state index contributed by atoms with van der Waals surface area (Å²) in [5.74, 6) is 0.783. The van der Waals surface area contributed by atoms with E-state index in [2.05, 4.69) is 25.2 Å². The number of nitrogens with one attached hydrogen (secondary N) is 1. The number of fused-ring (bicyclic) bond motifs is 1. The van der Waals surface area contributed by atoms with Crippen LogP contribution in [0.5, 0.6) is 0 Å². The third-order valence-electron chi connectivity index (χ3n) is 4.19. The minimum Gasteiger partial charge on any atom is -0.442 e. The fraction of sp³-hybridized carbons (Fsp3) is 0.294. The van der Waals surface area contributed by atoms with Gasteiger partial charge in [0.15, 0.2) is 5.15 Å². The summed E-state index contributed by atoms with van der Waals surface area (Å²) in [6.07, 6.45) is 3.00. The zero-order valence-electron chi connectivity index (χ0n) is 14.0. The summed E-state index contributed by atoms with van der Waals surface area (Å²) in [6, 6.07) is 3.38. The van der Waals surface area contributed by atoms with Crippen molar-refractivity contribution in [3.8, 4) is 0 Å². The van der Waals surface area contributed by atoms with E-state index in [-0.39, 0.29) is 11.1 Å². The highest BCUT2D eigenvalue weighted by molar-refractivity contribution is 6.32. The van der Waals surface area contributed by atoms with E-state index in [1.165, 1.54) is 6.33 Å². The summed E-state index contributed by atoms with van der Waals surface area (Å²) in [7, 11) is 0. The van der Waals surface area contributed by atoms with Crippen LogP contribution >= 0.6 is 11.6 Å². The van der Waals surface area contributed by atoms with Crippen molar-refractivity contribution in [2.75, 3.05) is 36.5 Å². The van der Waals surface area contributed by atoms with Gasteiger partial charge in [0.1, 0.15) is 17.9 Å². The van der Waals surface area contributed by atoms with E-state index in [0.717, 1.165) is 0 Å². The van der Waals surface area contributed by atoms with Gasteiger partial charge in [0.05, 0.1) is 29.9 Å². The fourth-order valence-electron chi connectivity index (χ4n) is 2.98. The molecule has 26 heavy (non-hydrogen) atoms. The van der Waals surface area contributed by atoms with Crippen LogP contribution in [0.15, 0.2) is 29.1 Å². The monoisotopic (exact) mass is 373 g/mol. The molecule has 1 aliphatic rings. The number of morpholine rings is 1. The van der Waals surface area contributed by atoms with Crippen LogP contribution in [0.2, 0.25) is 5.15 Å². The lowest BCUT2D eigenvalue weighted by Crippen LogP contribution is -2.37. The van der Waals surface area contributed by atoms with E-state index in [1.54, 1.807) is 25.3 Å². The first-order valence-electron chi connectivity index (χ1n) is 8.14. The van der Waals surface area contributed by atoms with Crippen molar-refractivity contribution in [1.82, 2.24) is 15.0 Å². The van der Waals surface area contributed by atoms with E-state index in [1.807, 2.05) is 0 Å². The molecule has 3 aromatic heterocycles. The number of amides is 1. The highest BCUT2D eigenvalue weighted by atomic mass is 35.5. The SMILES string of the molecule is Cc1oc2ncnc(N3CCOCC3)c2c1C(=O)Nc1cccnc1Cl. The van der Waals surface area contributed by atoms with Crippen LogP contribution in [-0.4, -0.2) is 47.2 Å². The smallest absolute Gasteiger partial charge is 0.260 e. The van der Waals surface area contributed by atoms with Crippen molar-refractivity contribution in [3.63, 3.8) is 0 Å². The van der Waals surface area contributed by atoms with Crippen LogP contribution in [0.4, 0.5) is 11.5 Å². The topological polar surface area (TPSA) is 93.4 Å². The Bertz CT molecular complexity index is 968. The predicted octanol–water partition coefficient (Wildman–Crippen LogP) is 2.67. The number of hydrogen-bond acceptors (Lipinski definition) is 7. The second-order valence-corrected chi connectivity index (χ2v) is 6.16. The van der Waals surface area contributed by atoms with Crippen molar-refractivity contribution in [2.24, 2.45) is 0 Å². The summed E-state index contributed by atoms with van der Waals surface area (Å²) in [6.45, 7) is 4.31. The fourth-order valence-corrected chi connectivity index (χ4v) is 3.15. The summed E-state index contributed by atoms with van der Waals surface area (Å²) >= 11 is 6.04. The molecule has 0 saturated carbocycles. The number of anilines is 2. The lowest BCUT2D eigenvalue weighted by atomic mass is 10.1. The Kier molecular flexibility index (Phi) is 4.44. The van der Waals surface area contributed by atoms with Crippen LogP contribution in [0.3, 0.4) is 0 Å². The van der Waals surface area contributed by atoms with Gasteiger partial charge in [-0.25, -0.2) is 15.0 Å². The number of ether oxygens (including phenoxy) is 1. The molecule has 1 aliphatic heterocycles. The van der Waals surface area contributed by atoms with E-state index in [0.29, 0.717) is 60.2 Å². The molecule has 1 saturated heterocycles. The molecule has 4 heterocycles. The molecule has 1 fully saturated rings. The molecule has 0 spiro atoms. The molecule has 9 heteroatoms. The van der Waals surface area contributed by atoms with Crippen molar-refractivity contribution in [3.05, 3.63) is 41.1 Å². The molecule has 3 aromatic rings. The Balaban J connectivity index is 1.78. The molecule has 0 aliphatic carbocycles. The Morgan fingerprint density at radius 2 is 2.08 bits per heavy atom. The Morgan fingerprint density at radius 3 is 2.85 bits per heavy atom. The molecule has 134 valence electrons. The van der Waals surface area contributed by atoms with Crippen molar-refractivity contribution >= 4 is 40.1 Å². The van der Waals surface area contributed by atoms with Crippen LogP contribution in [0.1, 0.15) is 16.1 Å². The van der Waals surface area contributed by atoms with Gasteiger partial charge >= 0.3 is 0 Å². The number of nitrogens with zero attached hydrogens (tertiary/aromatic N) is 4. The van der Waals surface area contributed by atoms with Crippen molar-refractivity contribution in [1.29, 1.82) is 0 Å². The minimum absolute atomic E-state index is 0.218. The molecule has 0 bridgehead atoms. The van der Waals surface area contributed by atoms with E-state index >= 15 is 0 Å². The third kappa shape index (κ3) is 2.97. The average Bonchev–Trinajstić information content (AvgIpc) is 3.00. The molecule has 8 nitrogen and oxygen atoms in total. The normalized spacial score (nSPS) is 14.6. The average molecular weight is 374 g/mol. The number of aryl methyl sites for hydroxylation is 1. The van der Waals surface area contributed by atoms with E-state index < -0.39 is 0 Å². The van der Waals surface area contributed by atoms with Gasteiger partial charge in [0.2, 0.25) is 5.71 Å². The number of furan rings is 1.